The van der Waals surface area contributed by atoms with Crippen molar-refractivity contribution in [2.24, 2.45) is 5.92 Å². The van der Waals surface area contributed by atoms with Gasteiger partial charge in [-0.1, -0.05) is 13.8 Å². The highest BCUT2D eigenvalue weighted by molar-refractivity contribution is 5.44. The first-order valence-electron chi connectivity index (χ1n) is 6.94. The van der Waals surface area contributed by atoms with Crippen LogP contribution in [0.2, 0.25) is 0 Å². The van der Waals surface area contributed by atoms with Gasteiger partial charge in [0.1, 0.15) is 0 Å². The lowest BCUT2D eigenvalue weighted by Gasteiger charge is -2.28. The summed E-state index contributed by atoms with van der Waals surface area (Å²) in [5.41, 5.74) is 1.85. The minimum absolute atomic E-state index is 0.505. The number of hydrogen-bond acceptors (Lipinski definition) is 4. The van der Waals surface area contributed by atoms with Crippen molar-refractivity contribution in [3.05, 3.63) is 24.0 Å². The third kappa shape index (κ3) is 5.57. The first-order valence-corrected chi connectivity index (χ1v) is 6.94. The Bertz CT molecular complexity index is 360. The van der Waals surface area contributed by atoms with Crippen molar-refractivity contribution in [1.82, 2.24) is 9.88 Å². The zero-order valence-electron chi connectivity index (χ0n) is 12.8. The molecule has 1 atom stereocenters. The van der Waals surface area contributed by atoms with Gasteiger partial charge in [-0.15, -0.1) is 0 Å². The van der Waals surface area contributed by atoms with E-state index in [4.69, 9.17) is 0 Å². The van der Waals surface area contributed by atoms with Gasteiger partial charge in [-0.2, -0.15) is 0 Å². The van der Waals surface area contributed by atoms with Crippen molar-refractivity contribution in [2.75, 3.05) is 38.6 Å². The fourth-order valence-corrected chi connectivity index (χ4v) is 1.92. The molecule has 108 valence electrons. The molecule has 19 heavy (non-hydrogen) atoms. The third-order valence-electron chi connectivity index (χ3n) is 2.97. The topological polar surface area (TPSA) is 39.6 Å². The van der Waals surface area contributed by atoms with E-state index in [9.17, 15) is 5.11 Å². The molecule has 0 radical (unpaired) electrons. The maximum Gasteiger partial charge on any atom is 0.0931 e. The number of anilines is 1. The van der Waals surface area contributed by atoms with Crippen LogP contribution in [0.3, 0.4) is 0 Å². The molecule has 0 aliphatic heterocycles. The summed E-state index contributed by atoms with van der Waals surface area (Å²) in [6.07, 6.45) is 1.36. The summed E-state index contributed by atoms with van der Waals surface area (Å²) in [6, 6.07) is 3.95. The van der Waals surface area contributed by atoms with E-state index in [1.807, 2.05) is 18.3 Å². The molecule has 1 aromatic heterocycles. The predicted molar refractivity (Wildman–Crippen MR) is 80.5 cm³/mol. The summed E-state index contributed by atoms with van der Waals surface area (Å²) in [5, 5.41) is 9.49. The zero-order chi connectivity index (χ0) is 14.4. The van der Waals surface area contributed by atoms with Crippen molar-refractivity contribution < 1.29 is 5.11 Å². The maximum absolute atomic E-state index is 9.49. The standard InChI is InChI=1S/C15H27N3O/c1-12(2)11-18(9-8-17(4)5)14-6-7-15(13(3)19)16-10-14/h6-7,10,12-13,19H,8-9,11H2,1-5H3. The van der Waals surface area contributed by atoms with Crippen LogP contribution in [0, 0.1) is 5.92 Å². The number of likely N-dealkylation sites (N-methyl/N-ethyl adjacent to an activating group) is 1. The Morgan fingerprint density at radius 3 is 2.26 bits per heavy atom. The number of aliphatic hydroxyl groups excluding tert-OH is 1. The zero-order valence-corrected chi connectivity index (χ0v) is 12.8. The highest BCUT2D eigenvalue weighted by atomic mass is 16.3. The fourth-order valence-electron chi connectivity index (χ4n) is 1.92. The van der Waals surface area contributed by atoms with Gasteiger partial charge in [0.15, 0.2) is 0 Å². The van der Waals surface area contributed by atoms with E-state index in [1.165, 1.54) is 0 Å². The van der Waals surface area contributed by atoms with Crippen molar-refractivity contribution in [3.8, 4) is 0 Å². The molecule has 0 aliphatic rings. The number of pyridine rings is 1. The van der Waals surface area contributed by atoms with E-state index < -0.39 is 6.10 Å². The molecule has 0 saturated carbocycles. The van der Waals surface area contributed by atoms with Gasteiger partial charge in [-0.05, 0) is 39.1 Å². The SMILES string of the molecule is CC(C)CN(CCN(C)C)c1ccc(C(C)O)nc1. The second-order valence-electron chi connectivity index (χ2n) is 5.76. The van der Waals surface area contributed by atoms with Crippen LogP contribution < -0.4 is 4.90 Å². The number of nitrogens with zero attached hydrogens (tertiary/aromatic N) is 3. The Morgan fingerprint density at radius 1 is 1.16 bits per heavy atom. The van der Waals surface area contributed by atoms with Gasteiger partial charge in [0.2, 0.25) is 0 Å². The van der Waals surface area contributed by atoms with Crippen LogP contribution in [0.15, 0.2) is 18.3 Å². The third-order valence-corrected chi connectivity index (χ3v) is 2.97. The molecular formula is C15H27N3O. The number of hydrogen-bond donors (Lipinski definition) is 1. The van der Waals surface area contributed by atoms with Crippen LogP contribution in [0.5, 0.6) is 0 Å². The number of aliphatic hydroxyl groups is 1. The fraction of sp³-hybridized carbons (Fsp3) is 0.667. The summed E-state index contributed by atoms with van der Waals surface area (Å²) >= 11 is 0. The van der Waals surface area contributed by atoms with Crippen LogP contribution in [0.25, 0.3) is 0 Å². The van der Waals surface area contributed by atoms with Gasteiger partial charge in [0, 0.05) is 19.6 Å². The first-order chi connectivity index (χ1) is 8.90. The van der Waals surface area contributed by atoms with Gasteiger partial charge in [-0.25, -0.2) is 0 Å². The monoisotopic (exact) mass is 265 g/mol. The van der Waals surface area contributed by atoms with E-state index in [0.717, 1.165) is 31.0 Å². The highest BCUT2D eigenvalue weighted by Crippen LogP contribution is 2.17. The lowest BCUT2D eigenvalue weighted by atomic mass is 10.2. The lowest BCUT2D eigenvalue weighted by molar-refractivity contribution is 0.194. The van der Waals surface area contributed by atoms with E-state index >= 15 is 0 Å². The molecule has 0 spiro atoms. The molecule has 1 heterocycles. The molecule has 1 aromatic rings. The van der Waals surface area contributed by atoms with Crippen molar-refractivity contribution in [2.45, 2.75) is 26.9 Å². The summed E-state index contributed by atoms with van der Waals surface area (Å²) in [5.74, 6) is 0.610. The summed E-state index contributed by atoms with van der Waals surface area (Å²) in [7, 11) is 4.17. The Balaban J connectivity index is 2.77. The van der Waals surface area contributed by atoms with Gasteiger partial charge < -0.3 is 14.9 Å². The molecule has 0 bridgehead atoms. The Labute approximate surface area is 117 Å². The quantitative estimate of drug-likeness (QED) is 0.820. The summed E-state index contributed by atoms with van der Waals surface area (Å²) < 4.78 is 0. The van der Waals surface area contributed by atoms with E-state index in [2.05, 4.69) is 42.7 Å². The maximum atomic E-state index is 9.49. The Morgan fingerprint density at radius 2 is 1.84 bits per heavy atom. The van der Waals surface area contributed by atoms with Crippen LogP contribution in [-0.2, 0) is 0 Å². The van der Waals surface area contributed by atoms with Crippen LogP contribution >= 0.6 is 0 Å². The van der Waals surface area contributed by atoms with Gasteiger partial charge in [0.25, 0.3) is 0 Å². The van der Waals surface area contributed by atoms with Crippen LogP contribution in [-0.4, -0.2) is 48.7 Å². The second kappa shape index (κ2) is 7.46. The molecule has 0 saturated heterocycles. The molecule has 1 N–H and O–H groups in total. The molecule has 0 aromatic carbocycles. The molecule has 1 unspecified atom stereocenters. The van der Waals surface area contributed by atoms with Crippen molar-refractivity contribution >= 4 is 5.69 Å². The molecule has 0 amide bonds. The molecule has 0 fully saturated rings. The van der Waals surface area contributed by atoms with Gasteiger partial charge in [-0.3, -0.25) is 4.98 Å². The lowest BCUT2D eigenvalue weighted by Crippen LogP contribution is -2.34. The van der Waals surface area contributed by atoms with Gasteiger partial charge in [0.05, 0.1) is 23.7 Å². The largest absolute Gasteiger partial charge is 0.387 e. The summed E-state index contributed by atoms with van der Waals surface area (Å²) in [4.78, 5) is 8.86. The van der Waals surface area contributed by atoms with Crippen LogP contribution in [0.4, 0.5) is 5.69 Å². The predicted octanol–water partition coefficient (Wildman–Crippen LogP) is 2.16. The average molecular weight is 265 g/mol. The normalized spacial score (nSPS) is 13.1. The van der Waals surface area contributed by atoms with Crippen LogP contribution in [0.1, 0.15) is 32.6 Å². The molecule has 4 heteroatoms. The smallest absolute Gasteiger partial charge is 0.0931 e. The molecule has 0 aliphatic carbocycles. The van der Waals surface area contributed by atoms with Crippen molar-refractivity contribution in [3.63, 3.8) is 0 Å². The minimum atomic E-state index is -0.505. The highest BCUT2D eigenvalue weighted by Gasteiger charge is 2.10. The Kier molecular flexibility index (Phi) is 6.25. The minimum Gasteiger partial charge on any atom is -0.387 e. The average Bonchev–Trinajstić information content (AvgIpc) is 2.34. The molecular weight excluding hydrogens is 238 g/mol. The number of rotatable bonds is 7. The molecule has 1 rings (SSSR count). The summed E-state index contributed by atoms with van der Waals surface area (Å²) in [6.45, 7) is 9.20. The van der Waals surface area contributed by atoms with E-state index in [0.29, 0.717) is 5.92 Å². The van der Waals surface area contributed by atoms with E-state index in [-0.39, 0.29) is 0 Å². The van der Waals surface area contributed by atoms with Gasteiger partial charge >= 0.3 is 0 Å². The van der Waals surface area contributed by atoms with Crippen molar-refractivity contribution in [1.29, 1.82) is 0 Å². The van der Waals surface area contributed by atoms with E-state index in [1.54, 1.807) is 6.92 Å². The number of aromatic nitrogens is 1. The molecule has 4 nitrogen and oxygen atoms in total. The Hall–Kier alpha value is -1.13. The first kappa shape index (κ1) is 15.9. The second-order valence-corrected chi connectivity index (χ2v) is 5.76.